The number of phenolic OH excluding ortho intramolecular Hbond substituents is 1. The number of hydrogen-bond donors (Lipinski definition) is 14. The van der Waals surface area contributed by atoms with Crippen LogP contribution in [0.4, 0.5) is 0 Å². The first-order valence-corrected chi connectivity index (χ1v) is 18.3. The number of aromatic hydroxyl groups is 1. The Morgan fingerprint density at radius 1 is 0.741 bits per heavy atom. The van der Waals surface area contributed by atoms with Gasteiger partial charge in [0.25, 0.3) is 0 Å². The molecule has 1 saturated heterocycles. The van der Waals surface area contributed by atoms with E-state index >= 15 is 0 Å². The zero-order valence-electron chi connectivity index (χ0n) is 32.2. The number of nitrogens with one attached hydrogen (secondary N) is 7. The van der Waals surface area contributed by atoms with Crippen molar-refractivity contribution in [1.29, 1.82) is 0 Å². The molecule has 58 heavy (non-hydrogen) atoms. The van der Waals surface area contributed by atoms with E-state index in [0.717, 1.165) is 13.8 Å². The molecule has 15 N–H and O–H groups in total. The van der Waals surface area contributed by atoms with Crippen LogP contribution in [0.1, 0.15) is 52.0 Å². The number of aliphatic hydroxyl groups excluding tert-OH is 4. The minimum atomic E-state index is -1.70. The van der Waals surface area contributed by atoms with Crippen LogP contribution in [0.3, 0.4) is 0 Å². The number of carboxylic acids is 1. The Balaban J connectivity index is 2.23. The van der Waals surface area contributed by atoms with Crippen LogP contribution in [0.2, 0.25) is 0 Å². The van der Waals surface area contributed by atoms with E-state index in [4.69, 9.17) is 10.5 Å². The first-order chi connectivity index (χ1) is 27.3. The van der Waals surface area contributed by atoms with Crippen LogP contribution in [0.5, 0.6) is 5.75 Å². The summed E-state index contributed by atoms with van der Waals surface area (Å²) in [5.74, 6) is -7.77. The molecule has 0 saturated carbocycles. The average Bonchev–Trinajstić information content (AvgIpc) is 3.15. The number of hydrogen-bond acceptors (Lipinski definition) is 15. The van der Waals surface area contributed by atoms with E-state index in [-0.39, 0.29) is 25.1 Å². The van der Waals surface area contributed by atoms with Crippen LogP contribution in [0.15, 0.2) is 24.3 Å². The number of ether oxygens (including phenoxy) is 1. The number of unbranched alkanes of at least 4 members (excludes halogenated alkanes) is 1. The highest BCUT2D eigenvalue weighted by Gasteiger charge is 2.45. The van der Waals surface area contributed by atoms with Gasteiger partial charge in [0, 0.05) is 20.3 Å². The number of benzene rings is 1. The average molecular weight is 827 g/mol. The number of carboxylic acid groups (broad SMARTS) is 1. The molecule has 1 aromatic carbocycles. The van der Waals surface area contributed by atoms with E-state index < -0.39 is 128 Å². The monoisotopic (exact) mass is 826 g/mol. The van der Waals surface area contributed by atoms with Crippen LogP contribution in [0, 0.1) is 0 Å². The summed E-state index contributed by atoms with van der Waals surface area (Å²) < 4.78 is 5.48. The predicted octanol–water partition coefficient (Wildman–Crippen LogP) is -5.95. The Kier molecular flexibility index (Phi) is 19.9. The van der Waals surface area contributed by atoms with E-state index in [1.165, 1.54) is 31.2 Å². The van der Waals surface area contributed by atoms with E-state index in [9.17, 15) is 69.0 Å². The van der Waals surface area contributed by atoms with Gasteiger partial charge < -0.3 is 78.3 Å². The number of rotatable bonds is 22. The Labute approximate surface area is 332 Å². The van der Waals surface area contributed by atoms with E-state index in [1.54, 1.807) is 0 Å². The summed E-state index contributed by atoms with van der Waals surface area (Å²) >= 11 is 0. The van der Waals surface area contributed by atoms with Gasteiger partial charge in [-0.15, -0.1) is 0 Å². The van der Waals surface area contributed by atoms with Crippen LogP contribution >= 0.6 is 0 Å². The van der Waals surface area contributed by atoms with Gasteiger partial charge in [-0.25, -0.2) is 4.79 Å². The molecule has 23 heteroatoms. The fourth-order valence-corrected chi connectivity index (χ4v) is 5.74. The van der Waals surface area contributed by atoms with E-state index in [1.807, 2.05) is 0 Å². The summed E-state index contributed by atoms with van der Waals surface area (Å²) in [5, 5.41) is 75.1. The molecule has 324 valence electrons. The number of nitrogens with two attached hydrogens (primary N) is 1. The van der Waals surface area contributed by atoms with Crippen molar-refractivity contribution in [1.82, 2.24) is 37.2 Å². The molecule has 0 unspecified atom stereocenters. The molecule has 0 radical (unpaired) electrons. The Hall–Kier alpha value is -5.46. The molecular formula is C35H54N8O15. The number of phenols is 1. The summed E-state index contributed by atoms with van der Waals surface area (Å²) in [4.78, 5) is 102. The number of aliphatic hydroxyl groups is 4. The van der Waals surface area contributed by atoms with Crippen LogP contribution in [-0.2, 0) is 49.5 Å². The van der Waals surface area contributed by atoms with Gasteiger partial charge >= 0.3 is 5.97 Å². The van der Waals surface area contributed by atoms with Crippen molar-refractivity contribution in [2.75, 3.05) is 19.8 Å². The number of carbonyl (C=O) groups is 8. The van der Waals surface area contributed by atoms with Crippen molar-refractivity contribution in [3.8, 4) is 5.75 Å². The summed E-state index contributed by atoms with van der Waals surface area (Å²) in [6.07, 6.45) is -6.47. The molecule has 7 amide bonds. The van der Waals surface area contributed by atoms with Crippen LogP contribution in [0.25, 0.3) is 0 Å². The number of amides is 7. The number of aliphatic carboxylic acids is 1. The molecule has 0 aromatic heterocycles. The second-order valence-corrected chi connectivity index (χ2v) is 13.6. The standard InChI is InChI=1S/C35H54N8O15/c1-16(30(52)41-22(12-19-7-9-20(48)10-8-19)32(54)42-24(14-44)35(56)57)37-31(53)21(6-4-5-11-36)40-33(55)23(38-17(2)46)13-26(49)43-34-27(39-18(3)47)29(51)28(50)25(15-45)58-34/h7-10,16,21-25,27-29,34,44-45,48,50-51H,4-6,11-15,36H2,1-3H3,(H,37,53)(H,38,46)(H,39,47)(H,40,55)(H,41,52)(H,42,54)(H,43,49)(H,56,57)/t16-,21-,22-,23-,24-,25+,27+,28+,29+,34+/m0/s1. The smallest absolute Gasteiger partial charge is 0.328 e. The van der Waals surface area contributed by atoms with Crippen molar-refractivity contribution in [3.63, 3.8) is 0 Å². The third-order valence-electron chi connectivity index (χ3n) is 8.82. The van der Waals surface area contributed by atoms with Gasteiger partial charge in [0.1, 0.15) is 60.3 Å². The van der Waals surface area contributed by atoms with Crippen molar-refractivity contribution < 1.29 is 73.7 Å². The SMILES string of the molecule is CC(=O)N[C@@H]1[C@@H](O)[C@H](O)[C@@H](CO)O[C@H]1NC(=O)C[C@H](NC(C)=O)C(=O)N[C@@H](CCCCN)C(=O)N[C@@H](C)C(=O)N[C@@H](Cc1ccc(O)cc1)C(=O)N[C@@H](CO)C(=O)O. The zero-order valence-corrected chi connectivity index (χ0v) is 32.2. The van der Waals surface area contributed by atoms with Gasteiger partial charge in [-0.05, 0) is 50.4 Å². The molecule has 2 rings (SSSR count). The quantitative estimate of drug-likeness (QED) is 0.0484. The minimum Gasteiger partial charge on any atom is -0.508 e. The second-order valence-electron chi connectivity index (χ2n) is 13.6. The van der Waals surface area contributed by atoms with Gasteiger partial charge in [0.15, 0.2) is 6.23 Å². The Morgan fingerprint density at radius 3 is 1.88 bits per heavy atom. The van der Waals surface area contributed by atoms with Gasteiger partial charge in [-0.2, -0.15) is 0 Å². The topological polar surface area (TPSA) is 377 Å². The summed E-state index contributed by atoms with van der Waals surface area (Å²) in [7, 11) is 0. The molecule has 0 spiro atoms. The summed E-state index contributed by atoms with van der Waals surface area (Å²) in [6.45, 7) is 1.94. The zero-order chi connectivity index (χ0) is 43.7. The first kappa shape index (κ1) is 48.7. The maximum atomic E-state index is 13.5. The predicted molar refractivity (Wildman–Crippen MR) is 199 cm³/mol. The van der Waals surface area contributed by atoms with Gasteiger partial charge in [-0.3, -0.25) is 33.6 Å². The lowest BCUT2D eigenvalue weighted by atomic mass is 9.95. The third kappa shape index (κ3) is 15.5. The summed E-state index contributed by atoms with van der Waals surface area (Å²) in [5.41, 5.74) is 6.05. The van der Waals surface area contributed by atoms with Crippen molar-refractivity contribution in [3.05, 3.63) is 29.8 Å². The third-order valence-corrected chi connectivity index (χ3v) is 8.82. The van der Waals surface area contributed by atoms with Gasteiger partial charge in [-0.1, -0.05) is 12.1 Å². The minimum absolute atomic E-state index is 0.0250. The normalized spacial score (nSPS) is 21.4. The lowest BCUT2D eigenvalue weighted by Crippen LogP contribution is -2.68. The molecule has 1 heterocycles. The molecule has 0 bridgehead atoms. The lowest BCUT2D eigenvalue weighted by molar-refractivity contribution is -0.203. The second kappa shape index (κ2) is 23.7. The highest BCUT2D eigenvalue weighted by atomic mass is 16.5. The van der Waals surface area contributed by atoms with Crippen molar-refractivity contribution in [2.45, 2.75) is 114 Å². The highest BCUT2D eigenvalue weighted by molar-refractivity contribution is 5.97. The Morgan fingerprint density at radius 2 is 1.33 bits per heavy atom. The lowest BCUT2D eigenvalue weighted by Gasteiger charge is -2.42. The van der Waals surface area contributed by atoms with Gasteiger partial charge in [0.05, 0.1) is 19.6 Å². The van der Waals surface area contributed by atoms with E-state index in [0.29, 0.717) is 18.4 Å². The maximum Gasteiger partial charge on any atom is 0.328 e. The summed E-state index contributed by atoms with van der Waals surface area (Å²) in [6, 6.07) is -3.30. The van der Waals surface area contributed by atoms with Crippen LogP contribution in [-0.4, -0.2) is 159 Å². The number of carbonyl (C=O) groups excluding carboxylic acids is 7. The largest absolute Gasteiger partial charge is 0.508 e. The van der Waals surface area contributed by atoms with Crippen molar-refractivity contribution >= 4 is 47.3 Å². The highest BCUT2D eigenvalue weighted by Crippen LogP contribution is 2.20. The molecule has 1 fully saturated rings. The molecule has 23 nitrogen and oxygen atoms in total. The van der Waals surface area contributed by atoms with Crippen molar-refractivity contribution in [2.24, 2.45) is 5.73 Å². The Bertz CT molecular complexity index is 1600. The maximum absolute atomic E-state index is 13.5. The van der Waals surface area contributed by atoms with Gasteiger partial charge in [0.2, 0.25) is 41.4 Å². The first-order valence-electron chi connectivity index (χ1n) is 18.3. The molecule has 10 atom stereocenters. The molecular weight excluding hydrogens is 772 g/mol. The molecule has 1 aliphatic heterocycles. The fourth-order valence-electron chi connectivity index (χ4n) is 5.74. The molecule has 1 aliphatic rings. The molecule has 1 aromatic rings. The molecule has 0 aliphatic carbocycles. The van der Waals surface area contributed by atoms with Crippen LogP contribution < -0.4 is 43.0 Å². The van der Waals surface area contributed by atoms with E-state index in [2.05, 4.69) is 37.2 Å². The fraction of sp³-hybridized carbons (Fsp3) is 0.600.